The van der Waals surface area contributed by atoms with E-state index in [1.54, 1.807) is 0 Å². The Morgan fingerprint density at radius 3 is 1.41 bits per heavy atom. The van der Waals surface area contributed by atoms with E-state index in [-0.39, 0.29) is 42.2 Å². The molecule has 0 spiro atoms. The van der Waals surface area contributed by atoms with Crippen molar-refractivity contribution in [3.05, 3.63) is 52.1 Å². The van der Waals surface area contributed by atoms with Crippen LogP contribution in [0.15, 0.2) is 35.3 Å². The molecule has 2 unspecified atom stereocenters. The Morgan fingerprint density at radius 2 is 0.944 bits per heavy atom. The molecule has 1 aromatic carbocycles. The molecule has 0 saturated carbocycles. The van der Waals surface area contributed by atoms with Crippen molar-refractivity contribution in [3.63, 3.8) is 0 Å². The first-order valence-electron chi connectivity index (χ1n) is 33.7. The number of anilines is 2. The minimum absolute atomic E-state index is 0.00173. The predicted octanol–water partition coefficient (Wildman–Crippen LogP) is -11.9. The summed E-state index contributed by atoms with van der Waals surface area (Å²) in [7, 11) is 0. The number of hydrogen-bond donors (Lipinski definition) is 30. The number of amides is 8. The summed E-state index contributed by atoms with van der Waals surface area (Å²) in [5.74, 6) is -15.7. The van der Waals surface area contributed by atoms with Gasteiger partial charge in [0.25, 0.3) is 11.5 Å². The van der Waals surface area contributed by atoms with E-state index in [9.17, 15) is 144 Å². The molecule has 3 aromatic rings. The van der Waals surface area contributed by atoms with Crippen molar-refractivity contribution in [1.82, 2.24) is 73.1 Å². The lowest BCUT2D eigenvalue weighted by atomic mass is 10.0. The number of carboxylic acid groups (broad SMARTS) is 4. The van der Waals surface area contributed by atoms with Gasteiger partial charge in [-0.05, 0) is 75.6 Å². The zero-order chi connectivity index (χ0) is 81.1. The number of fused-ring (bicyclic) bond motifs is 1. The zero-order valence-electron chi connectivity index (χ0n) is 58.2. The molecule has 0 bridgehead atoms. The van der Waals surface area contributed by atoms with E-state index in [0.717, 1.165) is 0 Å². The second-order valence-corrected chi connectivity index (χ2v) is 24.6. The van der Waals surface area contributed by atoms with Gasteiger partial charge in [-0.25, -0.2) is 19.6 Å². The van der Waals surface area contributed by atoms with E-state index < -0.39 is 290 Å². The third-order valence-electron chi connectivity index (χ3n) is 16.2. The molecule has 2 heterocycles. The standard InChI is InChI=1S/C62H96N16O30/c1-2-30(60(105)106)71-55(100)32(8-13-41(86)64-19-20-79)72-58(103)35(12-18-46(92)93)75-56(101)33(9-15-43(88)67-24-38(83)49(95)51(97)40(85)26-81)73-57(102)34(11-17-45(90)91)74-54(99)31(7-14-42(87)66-23-37(82)48(94)50(96)39(84)25-80)70-44(89)16-10-36(61(107)108)76-53(98)27-3-5-28(6-4-27)65-21-29-22-68-52-47(69-29)59(104)78-62(63)77-52/h3-6,22,30-40,44,48-51,54,65,70,74,79-85,89,94-97,99H,2,7-21,23-26H2,1H3,(H,64,86)(H,66,87)(H,67,88)(H,71,100)(H,72,103)(H,73,102)(H,75,101)(H,76,98)(H,90,91)(H,92,93)(H,105,106)(H,107,108)(H3,63,68,77,78,104)/t30-,31+,32+,33+,34-,35-,36-,37+,38+,39-,40-,44?,48-,49-,50-,51-,54?/m1/s1. The van der Waals surface area contributed by atoms with Gasteiger partial charge in [-0.2, -0.15) is 4.98 Å². The monoisotopic (exact) mass is 1540 g/mol. The molecule has 3 rings (SSSR count). The fourth-order valence-electron chi connectivity index (χ4n) is 9.96. The largest absolute Gasteiger partial charge is 0.481 e. The first kappa shape index (κ1) is 92.3. The number of nitrogen functional groups attached to an aromatic ring is 1. The van der Waals surface area contributed by atoms with E-state index in [4.69, 9.17) is 10.8 Å². The van der Waals surface area contributed by atoms with Gasteiger partial charge in [0.2, 0.25) is 47.3 Å². The Bertz CT molecular complexity index is 3530. The Hall–Kier alpha value is -9.92. The number of nitrogens with one attached hydrogen (secondary N) is 12. The van der Waals surface area contributed by atoms with Gasteiger partial charge in [0.05, 0.1) is 56.5 Å². The number of aliphatic hydroxyl groups is 13. The number of aliphatic hydroxyl groups excluding tert-OH is 13. The minimum Gasteiger partial charge on any atom is -0.481 e. The van der Waals surface area contributed by atoms with Gasteiger partial charge in [-0.15, -0.1) is 0 Å². The Balaban J connectivity index is 2.02. The number of benzene rings is 1. The van der Waals surface area contributed by atoms with Crippen LogP contribution < -0.4 is 69.8 Å². The number of carboxylic acids is 4. The molecule has 108 heavy (non-hydrogen) atoms. The normalized spacial score (nSPS) is 16.2. The quantitative estimate of drug-likeness (QED) is 0.0233. The molecule has 0 aliphatic rings. The number of H-pyrrole nitrogens is 1. The van der Waals surface area contributed by atoms with E-state index >= 15 is 0 Å². The predicted molar refractivity (Wildman–Crippen MR) is 366 cm³/mol. The number of carbonyl (C=O) groups excluding carboxylic acids is 8. The molecule has 0 saturated heterocycles. The van der Waals surface area contributed by atoms with Crippen LogP contribution in [0.25, 0.3) is 11.2 Å². The van der Waals surface area contributed by atoms with Crippen LogP contribution in [0.5, 0.6) is 0 Å². The van der Waals surface area contributed by atoms with Gasteiger partial charge >= 0.3 is 23.9 Å². The molecule has 46 heteroatoms. The Labute approximate surface area is 612 Å². The summed E-state index contributed by atoms with van der Waals surface area (Å²) in [6.45, 7) is -3.20. The van der Waals surface area contributed by atoms with Crippen molar-refractivity contribution in [2.45, 2.75) is 201 Å². The number of hydrogen-bond acceptors (Lipinski definition) is 33. The molecule has 31 N–H and O–H groups in total. The fourth-order valence-corrected chi connectivity index (χ4v) is 9.96. The van der Waals surface area contributed by atoms with Crippen molar-refractivity contribution in [1.29, 1.82) is 0 Å². The minimum atomic E-state index is -2.26. The van der Waals surface area contributed by atoms with Gasteiger partial charge in [0.15, 0.2) is 11.2 Å². The first-order chi connectivity index (χ1) is 50.9. The zero-order valence-corrected chi connectivity index (χ0v) is 58.2. The van der Waals surface area contributed by atoms with Crippen LogP contribution in [0, 0.1) is 0 Å². The summed E-state index contributed by atoms with van der Waals surface area (Å²) in [6, 6.07) is -7.49. The summed E-state index contributed by atoms with van der Waals surface area (Å²) in [5, 5.41) is 197. The highest BCUT2D eigenvalue weighted by molar-refractivity contribution is 5.98. The SMILES string of the molecule is CC[C@@H](NC(=O)[C@H](CCC(=O)NCCO)NC(=O)[C@@H](CCC(=O)O)NC(=O)[C@H](CCC(=O)NC[C@H](O)[C@@H](O)[C@H](O)[C@H](O)CO)NC(=O)[C@@H](CCC(=O)O)NC(O)[C@H](CCC(=O)NC[C@H](O)[C@@H](O)[C@H](O)[C@H](O)CO)NC(O)CC[C@@H](NC(=O)c1ccc(NCc2cnc3nc(N)[nH]c(=O)c3n2)cc1)C(=O)O)C(=O)O. The molecular weight excluding hydrogens is 1450 g/mol. The number of carbonyl (C=O) groups is 12. The van der Waals surface area contributed by atoms with E-state index in [1.165, 1.54) is 37.4 Å². The maximum Gasteiger partial charge on any atom is 0.326 e. The van der Waals surface area contributed by atoms with Gasteiger partial charge in [-0.1, -0.05) is 6.92 Å². The lowest BCUT2D eigenvalue weighted by molar-refractivity contribution is -0.142. The highest BCUT2D eigenvalue weighted by Crippen LogP contribution is 2.16. The summed E-state index contributed by atoms with van der Waals surface area (Å²) in [5.41, 5.74) is 5.53. The average molecular weight is 1550 g/mol. The van der Waals surface area contributed by atoms with Crippen LogP contribution in [-0.4, -0.2) is 321 Å². The highest BCUT2D eigenvalue weighted by Gasteiger charge is 2.37. The maximum atomic E-state index is 14.6. The molecule has 604 valence electrons. The second-order valence-electron chi connectivity index (χ2n) is 24.6. The first-order valence-corrected chi connectivity index (χ1v) is 33.7. The summed E-state index contributed by atoms with van der Waals surface area (Å²) >= 11 is 0. The second kappa shape index (κ2) is 47.0. The third-order valence-corrected chi connectivity index (χ3v) is 16.2. The van der Waals surface area contributed by atoms with E-state index in [0.29, 0.717) is 11.4 Å². The van der Waals surface area contributed by atoms with Crippen LogP contribution in [0.3, 0.4) is 0 Å². The topological polar surface area (TPSA) is 779 Å². The third kappa shape index (κ3) is 32.3. The van der Waals surface area contributed by atoms with Crippen LogP contribution in [-0.2, 0) is 59.3 Å². The highest BCUT2D eigenvalue weighted by atomic mass is 16.4. The van der Waals surface area contributed by atoms with Crippen LogP contribution >= 0.6 is 0 Å². The number of nitrogens with two attached hydrogens (primary N) is 1. The van der Waals surface area contributed by atoms with Crippen molar-refractivity contribution < 1.29 is 144 Å². The van der Waals surface area contributed by atoms with Gasteiger partial charge < -0.3 is 140 Å². The van der Waals surface area contributed by atoms with Crippen LogP contribution in [0.2, 0.25) is 0 Å². The Morgan fingerprint density at radius 1 is 0.500 bits per heavy atom. The summed E-state index contributed by atoms with van der Waals surface area (Å²) in [6.07, 6.45) is -28.6. The lowest BCUT2D eigenvalue weighted by Crippen LogP contribution is -2.60. The lowest BCUT2D eigenvalue weighted by Gasteiger charge is -2.31. The van der Waals surface area contributed by atoms with E-state index in [2.05, 4.69) is 78.4 Å². The maximum absolute atomic E-state index is 14.6. The molecule has 0 radical (unpaired) electrons. The van der Waals surface area contributed by atoms with Gasteiger partial charge in [0.1, 0.15) is 79.3 Å². The molecule has 0 aliphatic heterocycles. The van der Waals surface area contributed by atoms with Crippen LogP contribution in [0.1, 0.15) is 106 Å². The Kier molecular flexibility index (Phi) is 40.2. The van der Waals surface area contributed by atoms with Crippen molar-refractivity contribution in [3.8, 4) is 0 Å². The summed E-state index contributed by atoms with van der Waals surface area (Å²) in [4.78, 5) is 185. The average Bonchev–Trinajstić information content (AvgIpc) is 0.813. The smallest absolute Gasteiger partial charge is 0.326 e. The number of nitrogens with zero attached hydrogens (tertiary/aromatic N) is 3. The van der Waals surface area contributed by atoms with E-state index in [1.807, 2.05) is 0 Å². The van der Waals surface area contributed by atoms with Crippen molar-refractivity contribution in [2.75, 3.05) is 50.5 Å². The molecule has 0 fully saturated rings. The van der Waals surface area contributed by atoms with Crippen LogP contribution in [0.4, 0.5) is 11.6 Å². The van der Waals surface area contributed by atoms with Crippen molar-refractivity contribution in [2.24, 2.45) is 0 Å². The summed E-state index contributed by atoms with van der Waals surface area (Å²) < 4.78 is 0. The number of aromatic amines is 1. The molecule has 17 atom stereocenters. The molecule has 8 amide bonds. The fraction of sp³-hybridized carbons (Fsp3) is 0.613. The number of aromatic nitrogens is 4. The number of aliphatic carboxylic acids is 4. The molecule has 46 nitrogen and oxygen atoms in total. The van der Waals surface area contributed by atoms with Gasteiger partial charge in [-0.3, -0.25) is 68.4 Å². The van der Waals surface area contributed by atoms with Crippen molar-refractivity contribution >= 4 is 93.9 Å². The molecule has 2 aromatic heterocycles. The number of rotatable bonds is 53. The molecular formula is C62H96N16O30. The molecule has 0 aliphatic carbocycles. The van der Waals surface area contributed by atoms with Gasteiger partial charge in [0, 0.05) is 69.0 Å².